The quantitative estimate of drug-likeness (QED) is 0.709. The van der Waals surface area contributed by atoms with Crippen molar-refractivity contribution in [1.29, 1.82) is 0 Å². The molecule has 2 unspecified atom stereocenters. The molecule has 106 valence electrons. The molecular formula is C14H27NO3. The summed E-state index contributed by atoms with van der Waals surface area (Å²) in [6, 6.07) is 0.0523. The molecule has 1 N–H and O–H groups in total. The SMILES string of the molecule is CCCCCC(=O)N1CC(O)CC1COC(C)C. The molecular weight excluding hydrogens is 230 g/mol. The van der Waals surface area contributed by atoms with Gasteiger partial charge in [0.25, 0.3) is 0 Å². The Morgan fingerprint density at radius 2 is 2.17 bits per heavy atom. The Balaban J connectivity index is 2.42. The van der Waals surface area contributed by atoms with Crippen molar-refractivity contribution in [2.45, 2.75) is 71.1 Å². The maximum absolute atomic E-state index is 12.1. The number of carbonyl (C=O) groups is 1. The van der Waals surface area contributed by atoms with Crippen LogP contribution in [0.5, 0.6) is 0 Å². The highest BCUT2D eigenvalue weighted by Crippen LogP contribution is 2.20. The molecule has 0 radical (unpaired) electrons. The molecule has 2 atom stereocenters. The van der Waals surface area contributed by atoms with Gasteiger partial charge < -0.3 is 14.7 Å². The number of unbranched alkanes of at least 4 members (excludes halogenated alkanes) is 2. The van der Waals surface area contributed by atoms with Gasteiger partial charge in [-0.3, -0.25) is 4.79 Å². The highest BCUT2D eigenvalue weighted by atomic mass is 16.5. The lowest BCUT2D eigenvalue weighted by atomic mass is 10.1. The topological polar surface area (TPSA) is 49.8 Å². The highest BCUT2D eigenvalue weighted by molar-refractivity contribution is 5.76. The van der Waals surface area contributed by atoms with Crippen LogP contribution in [0, 0.1) is 0 Å². The zero-order chi connectivity index (χ0) is 13.5. The van der Waals surface area contributed by atoms with E-state index in [4.69, 9.17) is 4.74 Å². The van der Waals surface area contributed by atoms with Crippen LogP contribution in [-0.4, -0.2) is 47.3 Å². The number of hydrogen-bond acceptors (Lipinski definition) is 3. The van der Waals surface area contributed by atoms with E-state index in [1.165, 1.54) is 0 Å². The van der Waals surface area contributed by atoms with Gasteiger partial charge in [0.15, 0.2) is 0 Å². The minimum absolute atomic E-state index is 0.0523. The third-order valence-corrected chi connectivity index (χ3v) is 3.33. The normalized spacial score (nSPS) is 23.9. The summed E-state index contributed by atoms with van der Waals surface area (Å²) in [5, 5.41) is 9.71. The molecule has 1 rings (SSSR count). The van der Waals surface area contributed by atoms with E-state index < -0.39 is 0 Å². The van der Waals surface area contributed by atoms with E-state index in [2.05, 4.69) is 6.92 Å². The van der Waals surface area contributed by atoms with E-state index in [1.54, 1.807) is 0 Å². The maximum Gasteiger partial charge on any atom is 0.222 e. The van der Waals surface area contributed by atoms with Gasteiger partial charge in [-0.05, 0) is 26.7 Å². The number of likely N-dealkylation sites (tertiary alicyclic amines) is 1. The lowest BCUT2D eigenvalue weighted by Crippen LogP contribution is -2.39. The van der Waals surface area contributed by atoms with Gasteiger partial charge in [0.2, 0.25) is 5.91 Å². The van der Waals surface area contributed by atoms with Crippen molar-refractivity contribution < 1.29 is 14.6 Å². The Kier molecular flexibility index (Phi) is 6.65. The van der Waals surface area contributed by atoms with Crippen LogP contribution in [0.15, 0.2) is 0 Å². The molecule has 18 heavy (non-hydrogen) atoms. The predicted octanol–water partition coefficient (Wildman–Crippen LogP) is 1.95. The second-order valence-electron chi connectivity index (χ2n) is 5.43. The molecule has 4 heteroatoms. The Hall–Kier alpha value is -0.610. The second kappa shape index (κ2) is 7.74. The molecule has 4 nitrogen and oxygen atoms in total. The molecule has 0 aromatic carbocycles. The molecule has 0 aromatic rings. The van der Waals surface area contributed by atoms with Crippen molar-refractivity contribution in [1.82, 2.24) is 4.90 Å². The first-order valence-electron chi connectivity index (χ1n) is 7.13. The lowest BCUT2D eigenvalue weighted by molar-refractivity contribution is -0.133. The monoisotopic (exact) mass is 257 g/mol. The average Bonchev–Trinajstić information content (AvgIpc) is 2.68. The number of nitrogens with zero attached hydrogens (tertiary/aromatic N) is 1. The van der Waals surface area contributed by atoms with Crippen LogP contribution in [0.3, 0.4) is 0 Å². The van der Waals surface area contributed by atoms with Crippen molar-refractivity contribution in [3.05, 3.63) is 0 Å². The number of ether oxygens (including phenoxy) is 1. The molecule has 0 spiro atoms. The van der Waals surface area contributed by atoms with Crippen LogP contribution < -0.4 is 0 Å². The molecule has 1 aliphatic heterocycles. The van der Waals surface area contributed by atoms with E-state index in [0.29, 0.717) is 26.0 Å². The van der Waals surface area contributed by atoms with Crippen LogP contribution in [0.1, 0.15) is 52.9 Å². The molecule has 1 saturated heterocycles. The van der Waals surface area contributed by atoms with Gasteiger partial charge in [0, 0.05) is 13.0 Å². The van der Waals surface area contributed by atoms with E-state index in [9.17, 15) is 9.90 Å². The number of carbonyl (C=O) groups excluding carboxylic acids is 1. The number of rotatable bonds is 7. The van der Waals surface area contributed by atoms with Crippen molar-refractivity contribution >= 4 is 5.91 Å². The number of aliphatic hydroxyl groups excluding tert-OH is 1. The first-order valence-corrected chi connectivity index (χ1v) is 7.13. The summed E-state index contributed by atoms with van der Waals surface area (Å²) in [5.41, 5.74) is 0. The van der Waals surface area contributed by atoms with Gasteiger partial charge in [0.1, 0.15) is 0 Å². The second-order valence-corrected chi connectivity index (χ2v) is 5.43. The fraction of sp³-hybridized carbons (Fsp3) is 0.929. The summed E-state index contributed by atoms with van der Waals surface area (Å²) in [7, 11) is 0. The van der Waals surface area contributed by atoms with Crippen molar-refractivity contribution in [2.24, 2.45) is 0 Å². The minimum Gasteiger partial charge on any atom is -0.391 e. The molecule has 0 saturated carbocycles. The molecule has 0 aromatic heterocycles. The summed E-state index contributed by atoms with van der Waals surface area (Å²) in [4.78, 5) is 13.9. The van der Waals surface area contributed by atoms with E-state index in [0.717, 1.165) is 19.3 Å². The maximum atomic E-state index is 12.1. The largest absolute Gasteiger partial charge is 0.391 e. The van der Waals surface area contributed by atoms with Crippen molar-refractivity contribution in [3.8, 4) is 0 Å². The standard InChI is InChI=1S/C14H27NO3/c1-4-5-6-7-14(17)15-9-13(16)8-12(15)10-18-11(2)3/h11-13,16H,4-10H2,1-3H3. The van der Waals surface area contributed by atoms with Gasteiger partial charge in [-0.25, -0.2) is 0 Å². The Morgan fingerprint density at radius 1 is 1.44 bits per heavy atom. The molecule has 0 aliphatic carbocycles. The summed E-state index contributed by atoms with van der Waals surface area (Å²) >= 11 is 0. The summed E-state index contributed by atoms with van der Waals surface area (Å²) in [6.07, 6.45) is 4.18. The van der Waals surface area contributed by atoms with Gasteiger partial charge in [0.05, 0.1) is 24.9 Å². The number of β-amino-alcohol motifs (C(OH)–C–C–N with tert-alkyl or cyclic N) is 1. The Labute approximate surface area is 110 Å². The summed E-state index contributed by atoms with van der Waals surface area (Å²) in [6.45, 7) is 7.10. The minimum atomic E-state index is -0.388. The predicted molar refractivity (Wildman–Crippen MR) is 71.4 cm³/mol. The van der Waals surface area contributed by atoms with Crippen LogP contribution in [0.25, 0.3) is 0 Å². The Bertz CT molecular complexity index is 255. The molecule has 1 aliphatic rings. The van der Waals surface area contributed by atoms with Gasteiger partial charge in [-0.1, -0.05) is 19.8 Å². The molecule has 1 fully saturated rings. The zero-order valence-electron chi connectivity index (χ0n) is 11.9. The average molecular weight is 257 g/mol. The third kappa shape index (κ3) is 4.94. The third-order valence-electron chi connectivity index (χ3n) is 3.33. The van der Waals surface area contributed by atoms with Gasteiger partial charge in [-0.2, -0.15) is 0 Å². The first-order chi connectivity index (χ1) is 8.54. The van der Waals surface area contributed by atoms with Crippen molar-refractivity contribution in [2.75, 3.05) is 13.2 Å². The lowest BCUT2D eigenvalue weighted by Gasteiger charge is -2.25. The van der Waals surface area contributed by atoms with E-state index in [-0.39, 0.29) is 24.2 Å². The van der Waals surface area contributed by atoms with E-state index >= 15 is 0 Å². The van der Waals surface area contributed by atoms with Gasteiger partial charge in [-0.15, -0.1) is 0 Å². The van der Waals surface area contributed by atoms with Crippen molar-refractivity contribution in [3.63, 3.8) is 0 Å². The first kappa shape index (κ1) is 15.4. The highest BCUT2D eigenvalue weighted by Gasteiger charge is 2.33. The summed E-state index contributed by atoms with van der Waals surface area (Å²) in [5.74, 6) is 0.164. The fourth-order valence-corrected chi connectivity index (χ4v) is 2.33. The van der Waals surface area contributed by atoms with Gasteiger partial charge >= 0.3 is 0 Å². The molecule has 1 heterocycles. The fourth-order valence-electron chi connectivity index (χ4n) is 2.33. The number of amides is 1. The van der Waals surface area contributed by atoms with Crippen LogP contribution in [-0.2, 0) is 9.53 Å². The number of aliphatic hydroxyl groups is 1. The van der Waals surface area contributed by atoms with Crippen LogP contribution >= 0.6 is 0 Å². The van der Waals surface area contributed by atoms with Crippen LogP contribution in [0.4, 0.5) is 0 Å². The zero-order valence-corrected chi connectivity index (χ0v) is 11.9. The molecule has 1 amide bonds. The number of hydrogen-bond donors (Lipinski definition) is 1. The Morgan fingerprint density at radius 3 is 2.78 bits per heavy atom. The van der Waals surface area contributed by atoms with E-state index in [1.807, 2.05) is 18.7 Å². The summed E-state index contributed by atoms with van der Waals surface area (Å²) < 4.78 is 5.58. The smallest absolute Gasteiger partial charge is 0.222 e. The molecule has 0 bridgehead atoms. The van der Waals surface area contributed by atoms with Crippen LogP contribution in [0.2, 0.25) is 0 Å².